The first-order valence-electron chi connectivity index (χ1n) is 4.13. The molecule has 0 unspecified atom stereocenters. The number of hydrogen-bond acceptors (Lipinski definition) is 2. The second-order valence-corrected chi connectivity index (χ2v) is 2.92. The van der Waals surface area contributed by atoms with Gasteiger partial charge in [0.25, 0.3) is 0 Å². The Morgan fingerprint density at radius 3 is 2.54 bits per heavy atom. The average Bonchev–Trinajstić information content (AvgIpc) is 2.61. The molecule has 0 fully saturated rings. The summed E-state index contributed by atoms with van der Waals surface area (Å²) < 4.78 is 0. The Balaban J connectivity index is 2.57. The van der Waals surface area contributed by atoms with Crippen LogP contribution in [0.25, 0.3) is 22.2 Å². The molecule has 0 bridgehead atoms. The summed E-state index contributed by atoms with van der Waals surface area (Å²) in [4.78, 5) is 11.9. The van der Waals surface area contributed by atoms with Crippen molar-refractivity contribution in [2.75, 3.05) is 0 Å². The molecule has 0 aliphatic heterocycles. The van der Waals surface area contributed by atoms with E-state index in [0.717, 1.165) is 22.2 Å². The molecule has 3 nitrogen and oxygen atoms in total. The summed E-state index contributed by atoms with van der Waals surface area (Å²) in [7, 11) is 0. The van der Waals surface area contributed by atoms with Gasteiger partial charge in [-0.05, 0) is 24.3 Å². The fourth-order valence-electron chi connectivity index (χ4n) is 1.44. The molecule has 3 heteroatoms. The molecule has 0 amide bonds. The molecule has 1 N–H and O–H groups in total. The number of aromatic nitrogens is 3. The van der Waals surface area contributed by atoms with Crippen LogP contribution in [0.5, 0.6) is 0 Å². The topological polar surface area (TPSA) is 41.6 Å². The highest BCUT2D eigenvalue weighted by molar-refractivity contribution is 5.84. The third kappa shape index (κ3) is 0.902. The SMILES string of the molecule is c1cc2nc3ccc[nH]c3nc2c1. The van der Waals surface area contributed by atoms with Crippen molar-refractivity contribution in [2.24, 2.45) is 0 Å². The van der Waals surface area contributed by atoms with Crippen molar-refractivity contribution < 1.29 is 0 Å². The van der Waals surface area contributed by atoms with Crippen LogP contribution in [0.3, 0.4) is 0 Å². The van der Waals surface area contributed by atoms with Gasteiger partial charge in [-0.3, -0.25) is 0 Å². The minimum atomic E-state index is 0.834. The molecule has 1 aromatic carbocycles. The van der Waals surface area contributed by atoms with Crippen molar-refractivity contribution in [2.45, 2.75) is 0 Å². The lowest BCUT2D eigenvalue weighted by atomic mass is 10.4. The molecule has 0 saturated heterocycles. The highest BCUT2D eigenvalue weighted by Crippen LogP contribution is 2.14. The molecule has 2 aromatic heterocycles. The highest BCUT2D eigenvalue weighted by atomic mass is 14.9. The van der Waals surface area contributed by atoms with Gasteiger partial charge in [-0.1, -0.05) is 6.07 Å². The molecule has 13 heavy (non-hydrogen) atoms. The van der Waals surface area contributed by atoms with Crippen LogP contribution in [0, 0.1) is 0 Å². The molecular formula is C10H7N3. The average molecular weight is 169 g/mol. The molecule has 0 aliphatic carbocycles. The van der Waals surface area contributed by atoms with E-state index in [1.54, 1.807) is 0 Å². The molecule has 3 rings (SSSR count). The van der Waals surface area contributed by atoms with E-state index in [1.165, 1.54) is 0 Å². The van der Waals surface area contributed by atoms with E-state index < -0.39 is 0 Å². The minimum absolute atomic E-state index is 0.834. The first-order chi connectivity index (χ1) is 6.43. The molecular weight excluding hydrogens is 162 g/mol. The van der Waals surface area contributed by atoms with Crippen molar-refractivity contribution in [1.82, 2.24) is 15.0 Å². The highest BCUT2D eigenvalue weighted by Gasteiger charge is 1.99. The van der Waals surface area contributed by atoms with Crippen LogP contribution in [0.15, 0.2) is 36.5 Å². The zero-order chi connectivity index (χ0) is 8.67. The summed E-state index contributed by atoms with van der Waals surface area (Å²) in [6.45, 7) is 0. The number of pyridine rings is 1. The van der Waals surface area contributed by atoms with Gasteiger partial charge in [0.2, 0.25) is 0 Å². The molecule has 0 radical (unpaired) electrons. The van der Waals surface area contributed by atoms with Crippen LogP contribution < -0.4 is 0 Å². The third-order valence-corrected chi connectivity index (χ3v) is 2.06. The summed E-state index contributed by atoms with van der Waals surface area (Å²) in [6.07, 6.45) is 1.85. The van der Waals surface area contributed by atoms with E-state index in [1.807, 2.05) is 36.5 Å². The molecule has 0 aliphatic rings. The molecule has 62 valence electrons. The van der Waals surface area contributed by atoms with Gasteiger partial charge in [0.1, 0.15) is 5.52 Å². The van der Waals surface area contributed by atoms with Crippen molar-refractivity contribution >= 4 is 22.2 Å². The van der Waals surface area contributed by atoms with Crippen molar-refractivity contribution in [1.29, 1.82) is 0 Å². The number of fused-ring (bicyclic) bond motifs is 2. The number of aromatic amines is 1. The maximum absolute atomic E-state index is 4.44. The second-order valence-electron chi connectivity index (χ2n) is 2.92. The van der Waals surface area contributed by atoms with Crippen LogP contribution >= 0.6 is 0 Å². The van der Waals surface area contributed by atoms with Gasteiger partial charge < -0.3 is 4.98 Å². The summed E-state index contributed by atoms with van der Waals surface area (Å²) in [5, 5.41) is 0. The lowest BCUT2D eigenvalue weighted by Gasteiger charge is -1.95. The van der Waals surface area contributed by atoms with Gasteiger partial charge in [-0.15, -0.1) is 0 Å². The zero-order valence-corrected chi connectivity index (χ0v) is 6.86. The van der Waals surface area contributed by atoms with E-state index in [4.69, 9.17) is 0 Å². The van der Waals surface area contributed by atoms with Crippen LogP contribution in [0.4, 0.5) is 0 Å². The number of nitrogens with zero attached hydrogens (tertiary/aromatic N) is 2. The Morgan fingerprint density at radius 1 is 0.846 bits per heavy atom. The Labute approximate surface area is 74.4 Å². The van der Waals surface area contributed by atoms with Crippen LogP contribution in [-0.4, -0.2) is 15.0 Å². The zero-order valence-electron chi connectivity index (χ0n) is 6.86. The summed E-state index contributed by atoms with van der Waals surface area (Å²) >= 11 is 0. The smallest absolute Gasteiger partial charge is 0.156 e. The molecule has 2 heterocycles. The predicted octanol–water partition coefficient (Wildman–Crippen LogP) is 2.11. The number of rotatable bonds is 0. The van der Waals surface area contributed by atoms with Gasteiger partial charge >= 0.3 is 0 Å². The van der Waals surface area contributed by atoms with Gasteiger partial charge in [-0.25, -0.2) is 9.97 Å². The minimum Gasteiger partial charge on any atom is -0.345 e. The maximum Gasteiger partial charge on any atom is 0.156 e. The van der Waals surface area contributed by atoms with Crippen molar-refractivity contribution in [3.05, 3.63) is 36.5 Å². The largest absolute Gasteiger partial charge is 0.345 e. The van der Waals surface area contributed by atoms with Gasteiger partial charge in [0.15, 0.2) is 5.65 Å². The molecule has 3 aromatic rings. The molecule has 0 spiro atoms. The Morgan fingerprint density at radius 2 is 1.62 bits per heavy atom. The van der Waals surface area contributed by atoms with E-state index >= 15 is 0 Å². The van der Waals surface area contributed by atoms with Crippen molar-refractivity contribution in [3.63, 3.8) is 0 Å². The first kappa shape index (κ1) is 6.60. The maximum atomic E-state index is 4.44. The van der Waals surface area contributed by atoms with Crippen LogP contribution in [0.2, 0.25) is 0 Å². The van der Waals surface area contributed by atoms with Crippen molar-refractivity contribution in [3.8, 4) is 0 Å². The van der Waals surface area contributed by atoms with Crippen LogP contribution in [-0.2, 0) is 0 Å². The van der Waals surface area contributed by atoms with E-state index in [2.05, 4.69) is 15.0 Å². The third-order valence-electron chi connectivity index (χ3n) is 2.06. The predicted molar refractivity (Wildman–Crippen MR) is 51.4 cm³/mol. The lowest BCUT2D eigenvalue weighted by Crippen LogP contribution is -1.86. The lowest BCUT2D eigenvalue weighted by molar-refractivity contribution is 1.29. The number of nitrogens with one attached hydrogen (secondary N) is 1. The Hall–Kier alpha value is -1.90. The number of H-pyrrole nitrogens is 1. The quantitative estimate of drug-likeness (QED) is 0.560. The Kier molecular flexibility index (Phi) is 1.16. The number of hydrogen-bond donors (Lipinski definition) is 1. The Bertz CT molecular complexity index is 519. The van der Waals surface area contributed by atoms with E-state index in [-0.39, 0.29) is 0 Å². The fourth-order valence-corrected chi connectivity index (χ4v) is 1.44. The van der Waals surface area contributed by atoms with E-state index in [0.29, 0.717) is 0 Å². The van der Waals surface area contributed by atoms with Crippen LogP contribution in [0.1, 0.15) is 0 Å². The molecule has 0 atom stereocenters. The summed E-state index contributed by atoms with van der Waals surface area (Å²) in [5.41, 5.74) is 3.63. The monoisotopic (exact) mass is 169 g/mol. The van der Waals surface area contributed by atoms with Gasteiger partial charge in [0, 0.05) is 6.20 Å². The van der Waals surface area contributed by atoms with Gasteiger partial charge in [0.05, 0.1) is 11.0 Å². The fraction of sp³-hybridized carbons (Fsp3) is 0. The normalized spacial score (nSPS) is 11.1. The standard InChI is InChI=1S/C10H7N3/c1-3-7-8(4-1)13-10-9(12-7)5-2-6-11-10/h1-6H,(H,11,13). The van der Waals surface area contributed by atoms with Gasteiger partial charge in [-0.2, -0.15) is 0 Å². The summed E-state index contributed by atoms with van der Waals surface area (Å²) in [6, 6.07) is 9.76. The molecule has 0 saturated carbocycles. The second kappa shape index (κ2) is 2.29. The first-order valence-corrected chi connectivity index (χ1v) is 4.13. The summed E-state index contributed by atoms with van der Waals surface area (Å²) in [5.74, 6) is 0. The van der Waals surface area contributed by atoms with E-state index in [9.17, 15) is 0 Å².